The van der Waals surface area contributed by atoms with Crippen LogP contribution in [0.5, 0.6) is 0 Å². The van der Waals surface area contributed by atoms with Gasteiger partial charge in [-0.15, -0.1) is 0 Å². The van der Waals surface area contributed by atoms with Gasteiger partial charge >= 0.3 is 0 Å². The van der Waals surface area contributed by atoms with Crippen molar-refractivity contribution in [3.63, 3.8) is 0 Å². The molecule has 1 aliphatic heterocycles. The molecule has 1 heterocycles. The highest BCUT2D eigenvalue weighted by atomic mass is 79.9. The lowest BCUT2D eigenvalue weighted by atomic mass is 10.2. The van der Waals surface area contributed by atoms with Crippen molar-refractivity contribution in [3.05, 3.63) is 34.3 Å². The Hall–Kier alpha value is 0.01000. The Balaban J connectivity index is 1.83. The molecule has 3 heteroatoms. The number of thioether (sulfide) groups is 1. The van der Waals surface area contributed by atoms with Crippen LogP contribution in [-0.2, 0) is 5.75 Å². The highest BCUT2D eigenvalue weighted by Gasteiger charge is 2.16. The Morgan fingerprint density at radius 2 is 2.00 bits per heavy atom. The molecule has 1 saturated heterocycles. The molecule has 0 atom stereocenters. The monoisotopic (exact) mass is 257 g/mol. The average molecular weight is 258 g/mol. The molecule has 2 rings (SSSR count). The van der Waals surface area contributed by atoms with Gasteiger partial charge in [0.25, 0.3) is 0 Å². The van der Waals surface area contributed by atoms with Crippen molar-refractivity contribution in [3.8, 4) is 0 Å². The van der Waals surface area contributed by atoms with Crippen LogP contribution in [0.3, 0.4) is 0 Å². The second kappa shape index (κ2) is 4.49. The van der Waals surface area contributed by atoms with Gasteiger partial charge in [-0.05, 0) is 17.7 Å². The molecule has 0 radical (unpaired) electrons. The van der Waals surface area contributed by atoms with Gasteiger partial charge in [-0.3, -0.25) is 0 Å². The normalized spacial score (nSPS) is 17.0. The SMILES string of the molecule is Brc1ccc(CSC2CNC2)cc1. The highest BCUT2D eigenvalue weighted by molar-refractivity contribution is 9.10. The van der Waals surface area contributed by atoms with Crippen molar-refractivity contribution >= 4 is 27.7 Å². The molecule has 1 aromatic carbocycles. The highest BCUT2D eigenvalue weighted by Crippen LogP contribution is 2.21. The molecule has 0 bridgehead atoms. The molecule has 0 spiro atoms. The van der Waals surface area contributed by atoms with E-state index in [2.05, 4.69) is 45.5 Å². The third kappa shape index (κ3) is 2.73. The molecule has 0 amide bonds. The summed E-state index contributed by atoms with van der Waals surface area (Å²) in [5.41, 5.74) is 1.42. The van der Waals surface area contributed by atoms with Gasteiger partial charge in [-0.25, -0.2) is 0 Å². The van der Waals surface area contributed by atoms with E-state index in [-0.39, 0.29) is 0 Å². The van der Waals surface area contributed by atoms with Crippen LogP contribution in [0.4, 0.5) is 0 Å². The lowest BCUT2D eigenvalue weighted by molar-refractivity contribution is 0.543. The minimum atomic E-state index is 0.837. The number of rotatable bonds is 3. The number of halogens is 1. The van der Waals surface area contributed by atoms with Gasteiger partial charge in [0.2, 0.25) is 0 Å². The Morgan fingerprint density at radius 1 is 1.31 bits per heavy atom. The summed E-state index contributed by atoms with van der Waals surface area (Å²) in [6, 6.07) is 8.58. The van der Waals surface area contributed by atoms with Crippen LogP contribution in [0, 0.1) is 0 Å². The van der Waals surface area contributed by atoms with E-state index >= 15 is 0 Å². The second-order valence-electron chi connectivity index (χ2n) is 3.22. The zero-order valence-corrected chi connectivity index (χ0v) is 9.70. The zero-order valence-electron chi connectivity index (χ0n) is 7.29. The number of nitrogens with one attached hydrogen (secondary N) is 1. The fraction of sp³-hybridized carbons (Fsp3) is 0.400. The molecule has 1 aromatic rings. The van der Waals surface area contributed by atoms with Gasteiger partial charge in [0.15, 0.2) is 0 Å². The van der Waals surface area contributed by atoms with Crippen LogP contribution < -0.4 is 5.32 Å². The summed E-state index contributed by atoms with van der Waals surface area (Å²) in [4.78, 5) is 0. The molecule has 0 unspecified atom stereocenters. The summed E-state index contributed by atoms with van der Waals surface area (Å²) in [5.74, 6) is 1.14. The summed E-state index contributed by atoms with van der Waals surface area (Å²) < 4.78 is 1.16. The number of hydrogen-bond acceptors (Lipinski definition) is 2. The van der Waals surface area contributed by atoms with Crippen LogP contribution >= 0.6 is 27.7 Å². The van der Waals surface area contributed by atoms with E-state index in [0.717, 1.165) is 15.5 Å². The molecule has 1 nitrogen and oxygen atoms in total. The van der Waals surface area contributed by atoms with E-state index in [9.17, 15) is 0 Å². The first-order chi connectivity index (χ1) is 6.34. The van der Waals surface area contributed by atoms with E-state index in [0.29, 0.717) is 0 Å². The third-order valence-electron chi connectivity index (χ3n) is 2.14. The van der Waals surface area contributed by atoms with Crippen LogP contribution in [0.1, 0.15) is 5.56 Å². The number of benzene rings is 1. The van der Waals surface area contributed by atoms with E-state index in [1.807, 2.05) is 11.8 Å². The Morgan fingerprint density at radius 3 is 2.54 bits per heavy atom. The molecule has 1 N–H and O–H groups in total. The van der Waals surface area contributed by atoms with E-state index in [4.69, 9.17) is 0 Å². The molecule has 70 valence electrons. The van der Waals surface area contributed by atoms with Gasteiger partial charge in [-0.1, -0.05) is 28.1 Å². The summed E-state index contributed by atoms with van der Waals surface area (Å²) >= 11 is 5.48. The van der Waals surface area contributed by atoms with E-state index < -0.39 is 0 Å². The summed E-state index contributed by atoms with van der Waals surface area (Å²) in [7, 11) is 0. The molecular weight excluding hydrogens is 246 g/mol. The van der Waals surface area contributed by atoms with Crippen molar-refractivity contribution in [2.45, 2.75) is 11.0 Å². The molecule has 1 fully saturated rings. The first-order valence-corrected chi connectivity index (χ1v) is 6.25. The van der Waals surface area contributed by atoms with Crippen LogP contribution in [-0.4, -0.2) is 18.3 Å². The van der Waals surface area contributed by atoms with Gasteiger partial charge in [0, 0.05) is 28.6 Å². The Bertz CT molecular complexity index is 269. The molecule has 0 saturated carbocycles. The summed E-state index contributed by atoms with van der Waals surface area (Å²) in [5, 5.41) is 4.11. The minimum Gasteiger partial charge on any atom is -0.314 e. The van der Waals surface area contributed by atoms with Crippen molar-refractivity contribution in [2.24, 2.45) is 0 Å². The quantitative estimate of drug-likeness (QED) is 0.894. The smallest absolute Gasteiger partial charge is 0.0300 e. The topological polar surface area (TPSA) is 12.0 Å². The van der Waals surface area contributed by atoms with Gasteiger partial charge in [0.1, 0.15) is 0 Å². The first kappa shape index (κ1) is 9.56. The van der Waals surface area contributed by atoms with Gasteiger partial charge < -0.3 is 5.32 Å². The molecule has 0 aliphatic carbocycles. The number of hydrogen-bond donors (Lipinski definition) is 1. The lowest BCUT2D eigenvalue weighted by Gasteiger charge is -2.26. The standard InChI is InChI=1S/C10H12BrNS/c11-9-3-1-8(2-4-9)7-13-10-5-12-6-10/h1-4,10,12H,5-7H2. The Kier molecular flexibility index (Phi) is 3.30. The van der Waals surface area contributed by atoms with Gasteiger partial charge in [0.05, 0.1) is 0 Å². The Labute approximate surface area is 91.4 Å². The van der Waals surface area contributed by atoms with Crippen molar-refractivity contribution in [1.29, 1.82) is 0 Å². The minimum absolute atomic E-state index is 0.837. The molecule has 1 aliphatic rings. The van der Waals surface area contributed by atoms with Crippen molar-refractivity contribution < 1.29 is 0 Å². The molecule has 13 heavy (non-hydrogen) atoms. The maximum Gasteiger partial charge on any atom is 0.0300 e. The second-order valence-corrected chi connectivity index (χ2v) is 5.42. The lowest BCUT2D eigenvalue weighted by Crippen LogP contribution is -2.44. The largest absolute Gasteiger partial charge is 0.314 e. The third-order valence-corrected chi connectivity index (χ3v) is 3.98. The van der Waals surface area contributed by atoms with E-state index in [1.165, 1.54) is 18.7 Å². The summed E-state index contributed by atoms with van der Waals surface area (Å²) in [6.45, 7) is 2.36. The maximum atomic E-state index is 3.43. The van der Waals surface area contributed by atoms with Crippen LogP contribution in [0.15, 0.2) is 28.7 Å². The average Bonchev–Trinajstić information content (AvgIpc) is 2.05. The van der Waals surface area contributed by atoms with Crippen LogP contribution in [0.2, 0.25) is 0 Å². The first-order valence-electron chi connectivity index (χ1n) is 4.41. The van der Waals surface area contributed by atoms with Crippen molar-refractivity contribution in [1.82, 2.24) is 5.32 Å². The predicted octanol–water partition coefficient (Wildman–Crippen LogP) is 2.65. The molecule has 0 aromatic heterocycles. The summed E-state index contributed by atoms with van der Waals surface area (Å²) in [6.07, 6.45) is 0. The van der Waals surface area contributed by atoms with Gasteiger partial charge in [-0.2, -0.15) is 11.8 Å². The zero-order chi connectivity index (χ0) is 9.10. The molecular formula is C10H12BrNS. The maximum absolute atomic E-state index is 3.43. The predicted molar refractivity (Wildman–Crippen MR) is 62.1 cm³/mol. The van der Waals surface area contributed by atoms with Crippen molar-refractivity contribution in [2.75, 3.05) is 13.1 Å². The fourth-order valence-corrected chi connectivity index (χ4v) is 2.53. The van der Waals surface area contributed by atoms with Crippen LogP contribution in [0.25, 0.3) is 0 Å². The van der Waals surface area contributed by atoms with E-state index in [1.54, 1.807) is 0 Å². The fourth-order valence-electron chi connectivity index (χ4n) is 1.17.